The van der Waals surface area contributed by atoms with Crippen LogP contribution in [0.15, 0.2) is 82.7 Å². The lowest BCUT2D eigenvalue weighted by atomic mass is 10.1. The van der Waals surface area contributed by atoms with Gasteiger partial charge in [-0.3, -0.25) is 23.7 Å². The van der Waals surface area contributed by atoms with Gasteiger partial charge < -0.3 is 4.74 Å². The van der Waals surface area contributed by atoms with E-state index in [0.717, 1.165) is 0 Å². The molecule has 1 aliphatic heterocycles. The van der Waals surface area contributed by atoms with Crippen LogP contribution in [0.3, 0.4) is 0 Å². The van der Waals surface area contributed by atoms with Gasteiger partial charge in [0.15, 0.2) is 5.16 Å². The molecule has 5 aromatic rings. The van der Waals surface area contributed by atoms with E-state index >= 15 is 0 Å². The average Bonchev–Trinajstić information content (AvgIpc) is 3.44. The first-order valence-corrected chi connectivity index (χ1v) is 12.2. The largest absolute Gasteiger partial charge is 0.497 e. The second-order valence-electron chi connectivity index (χ2n) is 8.13. The van der Waals surface area contributed by atoms with Gasteiger partial charge in [0.25, 0.3) is 17.4 Å². The minimum Gasteiger partial charge on any atom is -0.497 e. The summed E-state index contributed by atoms with van der Waals surface area (Å²) in [6, 6.07) is 21.2. The molecule has 0 unspecified atom stereocenters. The Labute approximate surface area is 208 Å². The highest BCUT2D eigenvalue weighted by atomic mass is 32.2. The predicted molar refractivity (Wildman–Crippen MR) is 135 cm³/mol. The predicted octanol–water partition coefficient (Wildman–Crippen LogP) is 3.43. The number of rotatable bonds is 6. The monoisotopic (exact) mass is 497 g/mol. The highest BCUT2D eigenvalue weighted by Crippen LogP contribution is 2.26. The van der Waals surface area contributed by atoms with Crippen molar-refractivity contribution in [3.05, 3.63) is 94.3 Å². The van der Waals surface area contributed by atoms with Gasteiger partial charge in [-0.25, -0.2) is 4.57 Å². The number of thioether (sulfide) groups is 1. The van der Waals surface area contributed by atoms with Crippen molar-refractivity contribution in [2.45, 2.75) is 5.16 Å². The number of methoxy groups -OCH3 is 1. The molecule has 3 heterocycles. The Bertz CT molecular complexity index is 1690. The number of fused-ring (bicyclic) bond motifs is 4. The molecule has 178 valence electrons. The molecule has 6 rings (SSSR count). The number of carbonyl (C=O) groups is 2. The first-order valence-electron chi connectivity index (χ1n) is 11.2. The summed E-state index contributed by atoms with van der Waals surface area (Å²) in [6.45, 7) is 0.224. The molecule has 0 spiro atoms. The van der Waals surface area contributed by atoms with Crippen LogP contribution in [0.4, 0.5) is 0 Å². The summed E-state index contributed by atoms with van der Waals surface area (Å²) >= 11 is 1.36. The summed E-state index contributed by atoms with van der Waals surface area (Å²) in [5.74, 6) is 0.881. The summed E-state index contributed by atoms with van der Waals surface area (Å²) in [5.41, 5.74) is 1.95. The van der Waals surface area contributed by atoms with Gasteiger partial charge in [0.05, 0.1) is 34.8 Å². The smallest absolute Gasteiger partial charge is 0.267 e. The lowest BCUT2D eigenvalue weighted by Crippen LogP contribution is -2.31. The summed E-state index contributed by atoms with van der Waals surface area (Å²) in [6.07, 6.45) is 0. The summed E-state index contributed by atoms with van der Waals surface area (Å²) < 4.78 is 8.59. The third-order valence-corrected chi connectivity index (χ3v) is 7.06. The standard InChI is InChI=1S/C26H19N5O4S/c1-35-17-12-10-16(11-13-17)30-24(34)20-8-4-5-9-21(20)31-25(30)27-28-26(31)36-15-14-29-22(32)18-6-2-3-7-19(18)23(29)33/h2-13H,14-15H2,1H3. The van der Waals surface area contributed by atoms with Crippen LogP contribution in [0.2, 0.25) is 0 Å². The van der Waals surface area contributed by atoms with Crippen molar-refractivity contribution in [3.8, 4) is 11.4 Å². The van der Waals surface area contributed by atoms with Crippen LogP contribution in [0.5, 0.6) is 5.75 Å². The maximum absolute atomic E-state index is 13.4. The van der Waals surface area contributed by atoms with Crippen molar-refractivity contribution in [3.63, 3.8) is 0 Å². The van der Waals surface area contributed by atoms with E-state index in [1.54, 1.807) is 61.7 Å². The Morgan fingerprint density at radius 2 is 1.50 bits per heavy atom. The number of hydrogen-bond acceptors (Lipinski definition) is 7. The third-order valence-electron chi connectivity index (χ3n) is 6.15. The molecule has 10 heteroatoms. The van der Waals surface area contributed by atoms with Gasteiger partial charge in [-0.2, -0.15) is 0 Å². The molecule has 9 nitrogen and oxygen atoms in total. The van der Waals surface area contributed by atoms with Gasteiger partial charge in [0, 0.05) is 12.3 Å². The number of benzene rings is 3. The van der Waals surface area contributed by atoms with Crippen molar-refractivity contribution in [1.82, 2.24) is 24.1 Å². The van der Waals surface area contributed by atoms with Gasteiger partial charge in [-0.15, -0.1) is 10.2 Å². The van der Waals surface area contributed by atoms with E-state index in [9.17, 15) is 14.4 Å². The van der Waals surface area contributed by atoms with Crippen molar-refractivity contribution < 1.29 is 14.3 Å². The molecule has 0 atom stereocenters. The number of para-hydroxylation sites is 1. The van der Waals surface area contributed by atoms with E-state index in [-0.39, 0.29) is 23.9 Å². The Morgan fingerprint density at radius 3 is 2.19 bits per heavy atom. The minimum atomic E-state index is -0.291. The average molecular weight is 498 g/mol. The van der Waals surface area contributed by atoms with Crippen LogP contribution >= 0.6 is 11.8 Å². The first-order chi connectivity index (χ1) is 17.6. The van der Waals surface area contributed by atoms with Gasteiger partial charge in [-0.05, 0) is 48.5 Å². The fourth-order valence-corrected chi connectivity index (χ4v) is 5.27. The van der Waals surface area contributed by atoms with E-state index in [0.29, 0.717) is 50.2 Å². The zero-order valence-electron chi connectivity index (χ0n) is 19.1. The quantitative estimate of drug-likeness (QED) is 0.262. The van der Waals surface area contributed by atoms with E-state index < -0.39 is 0 Å². The summed E-state index contributed by atoms with van der Waals surface area (Å²) in [4.78, 5) is 40.1. The Kier molecular flexibility index (Phi) is 5.30. The first kappa shape index (κ1) is 22.1. The molecular formula is C26H19N5O4S. The number of amides is 2. The SMILES string of the molecule is COc1ccc(-n2c(=O)c3ccccc3n3c(SCCN4C(=O)c5ccccc5C4=O)nnc23)cc1. The normalized spacial score (nSPS) is 13.1. The van der Waals surface area contributed by atoms with Gasteiger partial charge in [0.1, 0.15) is 5.75 Å². The maximum atomic E-state index is 13.4. The molecule has 0 radical (unpaired) electrons. The molecule has 2 amide bonds. The van der Waals surface area contributed by atoms with Gasteiger partial charge in [-0.1, -0.05) is 36.0 Å². The van der Waals surface area contributed by atoms with Crippen molar-refractivity contribution >= 4 is 40.3 Å². The number of nitrogens with zero attached hydrogens (tertiary/aromatic N) is 5. The fraction of sp³-hybridized carbons (Fsp3) is 0.115. The van der Waals surface area contributed by atoms with E-state index in [1.165, 1.54) is 21.2 Å². The minimum absolute atomic E-state index is 0.210. The second kappa shape index (κ2) is 8.65. The molecule has 0 aliphatic carbocycles. The lowest BCUT2D eigenvalue weighted by molar-refractivity contribution is 0.0664. The molecule has 0 N–H and O–H groups in total. The molecule has 0 fully saturated rings. The Hall–Kier alpha value is -4.44. The van der Waals surface area contributed by atoms with Gasteiger partial charge >= 0.3 is 0 Å². The van der Waals surface area contributed by atoms with Crippen molar-refractivity contribution in [2.75, 3.05) is 19.4 Å². The molecule has 2 aromatic heterocycles. The molecule has 0 bridgehead atoms. The number of hydrogen-bond donors (Lipinski definition) is 0. The topological polar surface area (TPSA) is 98.8 Å². The van der Waals surface area contributed by atoms with E-state index in [4.69, 9.17) is 4.74 Å². The molecule has 1 aliphatic rings. The van der Waals surface area contributed by atoms with Gasteiger partial charge in [0.2, 0.25) is 5.78 Å². The Balaban J connectivity index is 1.37. The van der Waals surface area contributed by atoms with Crippen LogP contribution in [0.1, 0.15) is 20.7 Å². The van der Waals surface area contributed by atoms with Crippen LogP contribution in [0, 0.1) is 0 Å². The number of imide groups is 1. The molecule has 36 heavy (non-hydrogen) atoms. The fourth-order valence-electron chi connectivity index (χ4n) is 4.41. The van der Waals surface area contributed by atoms with Crippen LogP contribution in [-0.2, 0) is 0 Å². The molecule has 3 aromatic carbocycles. The van der Waals surface area contributed by atoms with E-state index in [2.05, 4.69) is 10.2 Å². The number of aromatic nitrogens is 4. The zero-order chi connectivity index (χ0) is 24.8. The lowest BCUT2D eigenvalue weighted by Gasteiger charge is -2.14. The zero-order valence-corrected chi connectivity index (χ0v) is 19.9. The molecule has 0 saturated heterocycles. The van der Waals surface area contributed by atoms with Crippen molar-refractivity contribution in [2.24, 2.45) is 0 Å². The maximum Gasteiger partial charge on any atom is 0.267 e. The second-order valence-corrected chi connectivity index (χ2v) is 9.19. The van der Waals surface area contributed by atoms with E-state index in [1.807, 2.05) is 22.6 Å². The summed E-state index contributed by atoms with van der Waals surface area (Å²) in [7, 11) is 1.58. The summed E-state index contributed by atoms with van der Waals surface area (Å²) in [5, 5.41) is 9.76. The number of carbonyl (C=O) groups excluding carboxylic acids is 2. The molecular weight excluding hydrogens is 478 g/mol. The third kappa shape index (κ3) is 3.37. The molecule has 0 saturated carbocycles. The highest BCUT2D eigenvalue weighted by molar-refractivity contribution is 7.99. The Morgan fingerprint density at radius 1 is 0.833 bits per heavy atom. The highest BCUT2D eigenvalue weighted by Gasteiger charge is 2.34. The van der Waals surface area contributed by atoms with Crippen LogP contribution in [-0.4, -0.2) is 55.3 Å². The number of ether oxygens (including phenoxy) is 1. The van der Waals surface area contributed by atoms with Crippen molar-refractivity contribution in [1.29, 1.82) is 0 Å². The van der Waals surface area contributed by atoms with Crippen LogP contribution < -0.4 is 10.3 Å². The van der Waals surface area contributed by atoms with Crippen LogP contribution in [0.25, 0.3) is 22.4 Å².